The normalized spacial score (nSPS) is 27.5. The van der Waals surface area contributed by atoms with E-state index in [0.29, 0.717) is 0 Å². The third kappa shape index (κ3) is 3.00. The molecule has 0 aromatic carbocycles. The van der Waals surface area contributed by atoms with E-state index in [4.69, 9.17) is 5.11 Å². The maximum Gasteiger partial charge on any atom is 0.317 e. The van der Waals surface area contributed by atoms with Gasteiger partial charge < -0.3 is 10.0 Å². The molecular formula is C12H21N3O3. The average Bonchev–Trinajstić information content (AvgIpc) is 2.53. The van der Waals surface area contributed by atoms with Crippen molar-refractivity contribution in [1.82, 2.24) is 14.7 Å². The van der Waals surface area contributed by atoms with Gasteiger partial charge in [0, 0.05) is 39.8 Å². The Bertz CT molecular complexity index is 335. The first-order valence-electron chi connectivity index (χ1n) is 6.51. The molecule has 1 atom stereocenters. The fourth-order valence-corrected chi connectivity index (χ4v) is 2.79. The summed E-state index contributed by atoms with van der Waals surface area (Å²) in [6.07, 6.45) is 1.83. The lowest BCUT2D eigenvalue weighted by atomic mass is 10.2. The van der Waals surface area contributed by atoms with Crippen LogP contribution in [0.15, 0.2) is 0 Å². The number of carbonyl (C=O) groups excluding carboxylic acids is 1. The van der Waals surface area contributed by atoms with Crippen LogP contribution in [0.25, 0.3) is 0 Å². The Morgan fingerprint density at radius 1 is 1.28 bits per heavy atom. The summed E-state index contributed by atoms with van der Waals surface area (Å²) < 4.78 is 0. The van der Waals surface area contributed by atoms with Gasteiger partial charge in [0.25, 0.3) is 0 Å². The molecule has 2 fully saturated rings. The number of carboxylic acids is 1. The molecule has 1 unspecified atom stereocenters. The summed E-state index contributed by atoms with van der Waals surface area (Å²) in [5, 5.41) is 8.80. The minimum atomic E-state index is -0.778. The van der Waals surface area contributed by atoms with Crippen molar-refractivity contribution in [2.75, 3.05) is 46.3 Å². The molecule has 0 radical (unpaired) electrons. The van der Waals surface area contributed by atoms with E-state index in [9.17, 15) is 9.59 Å². The van der Waals surface area contributed by atoms with Crippen molar-refractivity contribution in [2.24, 2.45) is 0 Å². The van der Waals surface area contributed by atoms with Gasteiger partial charge >= 0.3 is 5.97 Å². The lowest BCUT2D eigenvalue weighted by Gasteiger charge is -2.25. The molecule has 2 rings (SSSR count). The van der Waals surface area contributed by atoms with Crippen LogP contribution in [0.3, 0.4) is 0 Å². The zero-order valence-electron chi connectivity index (χ0n) is 10.8. The molecule has 6 nitrogen and oxygen atoms in total. The van der Waals surface area contributed by atoms with Crippen molar-refractivity contribution in [1.29, 1.82) is 0 Å². The molecule has 1 amide bonds. The SMILES string of the molecule is CN1CCC(N2CCCN(CC(=O)O)CC2)C1=O. The summed E-state index contributed by atoms with van der Waals surface area (Å²) in [5.41, 5.74) is 0. The predicted molar refractivity (Wildman–Crippen MR) is 66.3 cm³/mol. The Kier molecular flexibility index (Phi) is 4.19. The van der Waals surface area contributed by atoms with Gasteiger partial charge in [-0.3, -0.25) is 19.4 Å². The molecular weight excluding hydrogens is 234 g/mol. The second-order valence-corrected chi connectivity index (χ2v) is 5.12. The minimum absolute atomic E-state index is 0.0137. The zero-order valence-corrected chi connectivity index (χ0v) is 10.8. The summed E-state index contributed by atoms with van der Waals surface area (Å²) in [6, 6.07) is 0.0137. The maximum atomic E-state index is 12.0. The molecule has 0 aromatic rings. The lowest BCUT2D eigenvalue weighted by Crippen LogP contribution is -2.43. The van der Waals surface area contributed by atoms with Gasteiger partial charge in [0.05, 0.1) is 12.6 Å². The first kappa shape index (κ1) is 13.3. The van der Waals surface area contributed by atoms with Crippen LogP contribution in [0.2, 0.25) is 0 Å². The number of nitrogens with zero attached hydrogens (tertiary/aromatic N) is 3. The van der Waals surface area contributed by atoms with Crippen LogP contribution in [-0.4, -0.2) is 84.0 Å². The molecule has 0 aliphatic carbocycles. The van der Waals surface area contributed by atoms with E-state index in [2.05, 4.69) is 4.90 Å². The van der Waals surface area contributed by atoms with Crippen LogP contribution in [0, 0.1) is 0 Å². The highest BCUT2D eigenvalue weighted by molar-refractivity contribution is 5.83. The highest BCUT2D eigenvalue weighted by atomic mass is 16.4. The Morgan fingerprint density at radius 3 is 2.67 bits per heavy atom. The predicted octanol–water partition coefficient (Wildman–Crippen LogP) is -0.691. The van der Waals surface area contributed by atoms with Gasteiger partial charge in [-0.25, -0.2) is 0 Å². The number of aliphatic carboxylic acids is 1. The average molecular weight is 255 g/mol. The zero-order chi connectivity index (χ0) is 13.1. The van der Waals surface area contributed by atoms with Crippen molar-refractivity contribution >= 4 is 11.9 Å². The number of carboxylic acid groups (broad SMARTS) is 1. The fraction of sp³-hybridized carbons (Fsp3) is 0.833. The molecule has 2 saturated heterocycles. The summed E-state index contributed by atoms with van der Waals surface area (Å²) in [5.74, 6) is -0.568. The monoisotopic (exact) mass is 255 g/mol. The highest BCUT2D eigenvalue weighted by Gasteiger charge is 2.34. The van der Waals surface area contributed by atoms with Crippen LogP contribution in [-0.2, 0) is 9.59 Å². The summed E-state index contributed by atoms with van der Waals surface area (Å²) >= 11 is 0. The maximum absolute atomic E-state index is 12.0. The number of carbonyl (C=O) groups is 2. The van der Waals surface area contributed by atoms with E-state index in [-0.39, 0.29) is 18.5 Å². The van der Waals surface area contributed by atoms with Crippen molar-refractivity contribution < 1.29 is 14.7 Å². The summed E-state index contributed by atoms with van der Waals surface area (Å²) in [4.78, 5) is 28.6. The first-order valence-corrected chi connectivity index (χ1v) is 6.51. The van der Waals surface area contributed by atoms with Crippen molar-refractivity contribution in [2.45, 2.75) is 18.9 Å². The van der Waals surface area contributed by atoms with Gasteiger partial charge in [-0.1, -0.05) is 0 Å². The molecule has 0 spiro atoms. The second kappa shape index (κ2) is 5.67. The largest absolute Gasteiger partial charge is 0.480 e. The molecule has 0 bridgehead atoms. The molecule has 2 aliphatic heterocycles. The van der Waals surface area contributed by atoms with Crippen molar-refractivity contribution in [3.63, 3.8) is 0 Å². The molecule has 0 aromatic heterocycles. The Balaban J connectivity index is 1.89. The van der Waals surface area contributed by atoms with E-state index in [1.54, 1.807) is 4.90 Å². The molecule has 18 heavy (non-hydrogen) atoms. The van der Waals surface area contributed by atoms with Gasteiger partial charge in [0.2, 0.25) is 5.91 Å². The smallest absolute Gasteiger partial charge is 0.317 e. The van der Waals surface area contributed by atoms with Crippen LogP contribution < -0.4 is 0 Å². The number of amides is 1. The summed E-state index contributed by atoms with van der Waals surface area (Å²) in [7, 11) is 1.84. The first-order chi connectivity index (χ1) is 8.58. The Morgan fingerprint density at radius 2 is 2.06 bits per heavy atom. The lowest BCUT2D eigenvalue weighted by molar-refractivity contribution is -0.138. The number of hydrogen-bond acceptors (Lipinski definition) is 4. The van der Waals surface area contributed by atoms with Crippen molar-refractivity contribution in [3.05, 3.63) is 0 Å². The van der Waals surface area contributed by atoms with Gasteiger partial charge in [0.15, 0.2) is 0 Å². The van der Waals surface area contributed by atoms with Gasteiger partial charge in [0.1, 0.15) is 0 Å². The quantitative estimate of drug-likeness (QED) is 0.723. The Labute approximate surface area is 107 Å². The topological polar surface area (TPSA) is 64.1 Å². The van der Waals surface area contributed by atoms with E-state index in [0.717, 1.165) is 45.6 Å². The van der Waals surface area contributed by atoms with E-state index < -0.39 is 5.97 Å². The fourth-order valence-electron chi connectivity index (χ4n) is 2.79. The molecule has 0 saturated carbocycles. The highest BCUT2D eigenvalue weighted by Crippen LogP contribution is 2.17. The van der Waals surface area contributed by atoms with Crippen LogP contribution >= 0.6 is 0 Å². The van der Waals surface area contributed by atoms with Crippen LogP contribution in [0.4, 0.5) is 0 Å². The van der Waals surface area contributed by atoms with Gasteiger partial charge in [-0.2, -0.15) is 0 Å². The molecule has 6 heteroatoms. The summed E-state index contributed by atoms with van der Waals surface area (Å²) in [6.45, 7) is 4.16. The van der Waals surface area contributed by atoms with Gasteiger partial charge in [-0.05, 0) is 12.8 Å². The van der Waals surface area contributed by atoms with Crippen molar-refractivity contribution in [3.8, 4) is 0 Å². The Hall–Kier alpha value is -1.14. The van der Waals surface area contributed by atoms with E-state index in [1.165, 1.54) is 0 Å². The molecule has 2 aliphatic rings. The molecule has 102 valence electrons. The second-order valence-electron chi connectivity index (χ2n) is 5.12. The number of likely N-dealkylation sites (N-methyl/N-ethyl adjacent to an activating group) is 1. The van der Waals surface area contributed by atoms with Crippen LogP contribution in [0.1, 0.15) is 12.8 Å². The third-order valence-electron chi connectivity index (χ3n) is 3.82. The van der Waals surface area contributed by atoms with E-state index >= 15 is 0 Å². The van der Waals surface area contributed by atoms with E-state index in [1.807, 2.05) is 11.9 Å². The third-order valence-corrected chi connectivity index (χ3v) is 3.82. The standard InChI is InChI=1S/C12H21N3O3/c1-13-6-3-10(12(13)18)15-5-2-4-14(7-8-15)9-11(16)17/h10H,2-9H2,1H3,(H,16,17). The van der Waals surface area contributed by atoms with Gasteiger partial charge in [-0.15, -0.1) is 0 Å². The molecule has 1 N–H and O–H groups in total. The number of likely N-dealkylation sites (tertiary alicyclic amines) is 1. The minimum Gasteiger partial charge on any atom is -0.480 e. The number of rotatable bonds is 3. The number of hydrogen-bond donors (Lipinski definition) is 1. The molecule has 2 heterocycles. The van der Waals surface area contributed by atoms with Crippen LogP contribution in [0.5, 0.6) is 0 Å².